The van der Waals surface area contributed by atoms with Gasteiger partial charge in [0, 0.05) is 17.6 Å². The number of benzene rings is 2. The minimum absolute atomic E-state index is 0.0584. The molecule has 7 nitrogen and oxygen atoms in total. The highest BCUT2D eigenvalue weighted by Gasteiger charge is 2.20. The topological polar surface area (TPSA) is 91.6 Å². The van der Waals surface area contributed by atoms with Crippen molar-refractivity contribution >= 4 is 22.6 Å². The van der Waals surface area contributed by atoms with Gasteiger partial charge in [0.15, 0.2) is 11.5 Å². The number of aromatic nitrogens is 1. The van der Waals surface area contributed by atoms with Gasteiger partial charge in [0.2, 0.25) is 0 Å². The van der Waals surface area contributed by atoms with Gasteiger partial charge in [-0.25, -0.2) is 4.79 Å². The van der Waals surface area contributed by atoms with Crippen molar-refractivity contribution in [2.75, 3.05) is 6.61 Å². The first-order chi connectivity index (χ1) is 12.1. The summed E-state index contributed by atoms with van der Waals surface area (Å²) in [6, 6.07) is 12.8. The molecule has 0 saturated heterocycles. The van der Waals surface area contributed by atoms with Crippen molar-refractivity contribution in [3.63, 3.8) is 0 Å². The molecule has 1 heterocycles. The van der Waals surface area contributed by atoms with Crippen LogP contribution in [0.5, 0.6) is 11.5 Å². The van der Waals surface area contributed by atoms with Crippen LogP contribution in [-0.2, 0) is 0 Å². The van der Waals surface area contributed by atoms with Gasteiger partial charge in [-0.2, -0.15) is 0 Å². The van der Waals surface area contributed by atoms with Gasteiger partial charge in [0.25, 0.3) is 0 Å². The molecule has 0 aliphatic heterocycles. The SMILES string of the molecule is CCOc1ccc(C(=O)Oc2cccc3cccnc23)cc1[N+](=O)[O-]. The van der Waals surface area contributed by atoms with Crippen LogP contribution in [0.1, 0.15) is 17.3 Å². The minimum Gasteiger partial charge on any atom is -0.487 e. The van der Waals surface area contributed by atoms with Gasteiger partial charge in [0.1, 0.15) is 5.52 Å². The average molecular weight is 338 g/mol. The molecule has 25 heavy (non-hydrogen) atoms. The normalized spacial score (nSPS) is 10.4. The number of hydrogen-bond acceptors (Lipinski definition) is 6. The molecule has 0 bridgehead atoms. The van der Waals surface area contributed by atoms with Gasteiger partial charge in [0.05, 0.1) is 17.1 Å². The largest absolute Gasteiger partial charge is 0.487 e. The Bertz CT molecular complexity index is 950. The van der Waals surface area contributed by atoms with E-state index < -0.39 is 10.9 Å². The Kier molecular flexibility index (Phi) is 4.56. The maximum Gasteiger partial charge on any atom is 0.343 e. The highest BCUT2D eigenvalue weighted by atomic mass is 16.6. The number of para-hydroxylation sites is 1. The Morgan fingerprint density at radius 3 is 2.72 bits per heavy atom. The van der Waals surface area contributed by atoms with Crippen LogP contribution < -0.4 is 9.47 Å². The lowest BCUT2D eigenvalue weighted by molar-refractivity contribution is -0.385. The Balaban J connectivity index is 1.93. The van der Waals surface area contributed by atoms with E-state index in [1.807, 2.05) is 12.1 Å². The molecule has 126 valence electrons. The first-order valence-corrected chi connectivity index (χ1v) is 7.57. The number of hydrogen-bond donors (Lipinski definition) is 0. The van der Waals surface area contributed by atoms with Gasteiger partial charge in [-0.3, -0.25) is 15.1 Å². The molecule has 3 aromatic rings. The van der Waals surface area contributed by atoms with E-state index >= 15 is 0 Å². The zero-order valence-electron chi connectivity index (χ0n) is 13.3. The number of nitro benzene ring substituents is 1. The van der Waals surface area contributed by atoms with Crippen LogP contribution in [0.2, 0.25) is 0 Å². The summed E-state index contributed by atoms with van der Waals surface area (Å²) in [7, 11) is 0. The van der Waals surface area contributed by atoms with Crippen molar-refractivity contribution in [1.29, 1.82) is 0 Å². The van der Waals surface area contributed by atoms with Crippen LogP contribution in [0, 0.1) is 10.1 Å². The molecule has 0 N–H and O–H groups in total. The molecule has 7 heteroatoms. The third kappa shape index (κ3) is 3.40. The summed E-state index contributed by atoms with van der Waals surface area (Å²) in [5, 5.41) is 12.0. The Labute approximate surface area is 143 Å². The van der Waals surface area contributed by atoms with Crippen molar-refractivity contribution in [2.45, 2.75) is 6.92 Å². The lowest BCUT2D eigenvalue weighted by Gasteiger charge is -2.08. The zero-order valence-corrected chi connectivity index (χ0v) is 13.3. The van der Waals surface area contributed by atoms with Crippen LogP contribution in [-0.4, -0.2) is 22.5 Å². The van der Waals surface area contributed by atoms with Crippen molar-refractivity contribution < 1.29 is 19.2 Å². The Morgan fingerprint density at radius 2 is 1.96 bits per heavy atom. The molecule has 0 aliphatic carbocycles. The number of nitrogens with zero attached hydrogens (tertiary/aromatic N) is 2. The number of rotatable bonds is 5. The smallest absolute Gasteiger partial charge is 0.343 e. The second kappa shape index (κ2) is 6.96. The van der Waals surface area contributed by atoms with Gasteiger partial charge >= 0.3 is 11.7 Å². The van der Waals surface area contributed by atoms with E-state index in [1.165, 1.54) is 12.1 Å². The van der Waals surface area contributed by atoms with Crippen molar-refractivity contribution in [2.24, 2.45) is 0 Å². The highest BCUT2D eigenvalue weighted by Crippen LogP contribution is 2.29. The predicted octanol–water partition coefficient (Wildman–Crippen LogP) is 3.76. The molecular weight excluding hydrogens is 324 g/mol. The second-order valence-electron chi connectivity index (χ2n) is 5.09. The van der Waals surface area contributed by atoms with E-state index in [0.717, 1.165) is 11.5 Å². The fourth-order valence-electron chi connectivity index (χ4n) is 2.38. The number of fused-ring (bicyclic) bond motifs is 1. The number of nitro groups is 1. The van der Waals surface area contributed by atoms with E-state index in [4.69, 9.17) is 9.47 Å². The van der Waals surface area contributed by atoms with E-state index in [0.29, 0.717) is 11.3 Å². The van der Waals surface area contributed by atoms with Crippen LogP contribution in [0.3, 0.4) is 0 Å². The zero-order chi connectivity index (χ0) is 17.8. The summed E-state index contributed by atoms with van der Waals surface area (Å²) in [4.78, 5) is 27.2. The van der Waals surface area contributed by atoms with Crippen LogP contribution in [0.15, 0.2) is 54.7 Å². The molecule has 2 aromatic carbocycles. The van der Waals surface area contributed by atoms with E-state index in [9.17, 15) is 14.9 Å². The van der Waals surface area contributed by atoms with Gasteiger partial charge in [-0.1, -0.05) is 18.2 Å². The van der Waals surface area contributed by atoms with Crippen LogP contribution in [0.4, 0.5) is 5.69 Å². The molecule has 0 aliphatic rings. The fraction of sp³-hybridized carbons (Fsp3) is 0.111. The number of ether oxygens (including phenoxy) is 2. The maximum absolute atomic E-state index is 12.4. The summed E-state index contributed by atoms with van der Waals surface area (Å²) >= 11 is 0. The monoisotopic (exact) mass is 338 g/mol. The standard InChI is InChI=1S/C18H14N2O5/c1-2-24-15-9-8-13(11-14(15)20(22)23)18(21)25-16-7-3-5-12-6-4-10-19-17(12)16/h3-11H,2H2,1H3. The highest BCUT2D eigenvalue weighted by molar-refractivity contribution is 5.95. The van der Waals surface area contributed by atoms with E-state index in [1.54, 1.807) is 31.3 Å². The lowest BCUT2D eigenvalue weighted by Crippen LogP contribution is -2.10. The molecule has 3 rings (SSSR count). The Hall–Kier alpha value is -3.48. The molecule has 0 fully saturated rings. The summed E-state index contributed by atoms with van der Waals surface area (Å²) in [6.45, 7) is 2.01. The van der Waals surface area contributed by atoms with Crippen molar-refractivity contribution in [3.05, 3.63) is 70.4 Å². The third-order valence-corrected chi connectivity index (χ3v) is 3.49. The molecular formula is C18H14N2O5. The van der Waals surface area contributed by atoms with Crippen LogP contribution in [0.25, 0.3) is 10.9 Å². The summed E-state index contributed by atoms with van der Waals surface area (Å²) in [6.07, 6.45) is 1.60. The summed E-state index contributed by atoms with van der Waals surface area (Å²) in [5.74, 6) is -0.306. The lowest BCUT2D eigenvalue weighted by atomic mass is 10.2. The Morgan fingerprint density at radius 1 is 1.16 bits per heavy atom. The molecule has 1 aromatic heterocycles. The number of carbonyl (C=O) groups is 1. The van der Waals surface area contributed by atoms with Gasteiger partial charge in [-0.05, 0) is 31.2 Å². The molecule has 0 amide bonds. The fourth-order valence-corrected chi connectivity index (χ4v) is 2.38. The van der Waals surface area contributed by atoms with Crippen LogP contribution >= 0.6 is 0 Å². The summed E-state index contributed by atoms with van der Waals surface area (Å²) in [5.41, 5.74) is 0.314. The second-order valence-corrected chi connectivity index (χ2v) is 5.09. The first-order valence-electron chi connectivity index (χ1n) is 7.57. The third-order valence-electron chi connectivity index (χ3n) is 3.49. The molecule has 0 spiro atoms. The molecule has 0 radical (unpaired) electrons. The van der Waals surface area contributed by atoms with Crippen molar-refractivity contribution in [3.8, 4) is 11.5 Å². The number of pyridine rings is 1. The average Bonchev–Trinajstić information content (AvgIpc) is 2.62. The quantitative estimate of drug-likeness (QED) is 0.304. The predicted molar refractivity (Wildman–Crippen MR) is 91.0 cm³/mol. The molecule has 0 unspecified atom stereocenters. The first kappa shape index (κ1) is 16.4. The van der Waals surface area contributed by atoms with Crippen molar-refractivity contribution in [1.82, 2.24) is 4.98 Å². The number of carbonyl (C=O) groups excluding carboxylic acids is 1. The molecule has 0 atom stereocenters. The van der Waals surface area contributed by atoms with E-state index in [2.05, 4.69) is 4.98 Å². The van der Waals surface area contributed by atoms with E-state index in [-0.39, 0.29) is 23.6 Å². The minimum atomic E-state index is -0.704. The maximum atomic E-state index is 12.4. The summed E-state index contributed by atoms with van der Waals surface area (Å²) < 4.78 is 10.6. The number of esters is 1. The van der Waals surface area contributed by atoms with Gasteiger partial charge < -0.3 is 9.47 Å². The molecule has 0 saturated carbocycles. The van der Waals surface area contributed by atoms with Gasteiger partial charge in [-0.15, -0.1) is 0 Å².